The number of ether oxygens (including phenoxy) is 1. The minimum absolute atomic E-state index is 0.128. The van der Waals surface area contributed by atoms with Crippen molar-refractivity contribution < 1.29 is 9.26 Å². The molecule has 1 aliphatic heterocycles. The van der Waals surface area contributed by atoms with Crippen LogP contribution in [0.15, 0.2) is 28.8 Å². The highest BCUT2D eigenvalue weighted by atomic mass is 16.5. The molecule has 0 aliphatic carbocycles. The first-order chi connectivity index (χ1) is 10.3. The Morgan fingerprint density at radius 3 is 3.14 bits per heavy atom. The molecular formula is C16H17N3O2. The van der Waals surface area contributed by atoms with Gasteiger partial charge in [-0.2, -0.15) is 10.2 Å². The summed E-state index contributed by atoms with van der Waals surface area (Å²) in [5.41, 5.74) is 1.18. The molecule has 0 spiro atoms. The van der Waals surface area contributed by atoms with Gasteiger partial charge in [0.15, 0.2) is 5.82 Å². The lowest BCUT2D eigenvalue weighted by Crippen LogP contribution is -2.20. The summed E-state index contributed by atoms with van der Waals surface area (Å²) < 4.78 is 11.1. The Balaban J connectivity index is 1.69. The van der Waals surface area contributed by atoms with E-state index in [0.29, 0.717) is 31.2 Å². The Kier molecular flexibility index (Phi) is 3.87. The number of benzene rings is 1. The molecule has 1 aliphatic rings. The van der Waals surface area contributed by atoms with Gasteiger partial charge in [0.05, 0.1) is 18.6 Å². The van der Waals surface area contributed by atoms with E-state index in [2.05, 4.69) is 22.3 Å². The zero-order chi connectivity index (χ0) is 14.7. The van der Waals surface area contributed by atoms with Crippen LogP contribution in [0, 0.1) is 17.2 Å². The third-order valence-electron chi connectivity index (χ3n) is 3.69. The van der Waals surface area contributed by atoms with E-state index < -0.39 is 0 Å². The van der Waals surface area contributed by atoms with Gasteiger partial charge in [0, 0.05) is 12.8 Å². The zero-order valence-corrected chi connectivity index (χ0v) is 12.0. The third kappa shape index (κ3) is 3.05. The molecule has 2 unspecified atom stereocenters. The van der Waals surface area contributed by atoms with Crippen molar-refractivity contribution in [1.29, 1.82) is 5.26 Å². The number of rotatable bonds is 4. The number of fused-ring (bicyclic) bond motifs is 1. The van der Waals surface area contributed by atoms with Gasteiger partial charge in [-0.1, -0.05) is 30.3 Å². The van der Waals surface area contributed by atoms with E-state index in [1.165, 1.54) is 5.56 Å². The van der Waals surface area contributed by atoms with Crippen molar-refractivity contribution >= 4 is 0 Å². The monoisotopic (exact) mass is 283 g/mol. The van der Waals surface area contributed by atoms with Gasteiger partial charge in [0.1, 0.15) is 5.75 Å². The van der Waals surface area contributed by atoms with Gasteiger partial charge < -0.3 is 9.26 Å². The lowest BCUT2D eigenvalue weighted by molar-refractivity contribution is 0.253. The molecule has 5 heteroatoms. The number of hydrogen-bond donors (Lipinski definition) is 0. The van der Waals surface area contributed by atoms with Gasteiger partial charge in [-0.05, 0) is 24.0 Å². The van der Waals surface area contributed by atoms with Crippen LogP contribution in [0.25, 0.3) is 0 Å². The fourth-order valence-electron chi connectivity index (χ4n) is 2.54. The zero-order valence-electron chi connectivity index (χ0n) is 12.0. The molecule has 0 fully saturated rings. The van der Waals surface area contributed by atoms with E-state index in [0.717, 1.165) is 12.2 Å². The van der Waals surface area contributed by atoms with Gasteiger partial charge >= 0.3 is 0 Å². The quantitative estimate of drug-likeness (QED) is 0.862. The summed E-state index contributed by atoms with van der Waals surface area (Å²) >= 11 is 0. The normalized spacial score (nSPS) is 18.4. The van der Waals surface area contributed by atoms with Crippen molar-refractivity contribution in [2.24, 2.45) is 5.92 Å². The van der Waals surface area contributed by atoms with Gasteiger partial charge in [-0.3, -0.25) is 0 Å². The SMILES string of the molecule is CC(CC#N)Cc1nc(C2COc3ccccc3C2)no1. The molecular weight excluding hydrogens is 266 g/mol. The molecule has 2 atom stereocenters. The predicted molar refractivity (Wildman–Crippen MR) is 75.8 cm³/mol. The summed E-state index contributed by atoms with van der Waals surface area (Å²) in [4.78, 5) is 4.46. The third-order valence-corrected chi connectivity index (χ3v) is 3.69. The molecule has 1 aromatic carbocycles. The van der Waals surface area contributed by atoms with E-state index in [1.54, 1.807) is 0 Å². The second kappa shape index (κ2) is 5.96. The lowest BCUT2D eigenvalue weighted by atomic mass is 9.96. The first-order valence-electron chi connectivity index (χ1n) is 7.16. The van der Waals surface area contributed by atoms with Crippen molar-refractivity contribution in [3.05, 3.63) is 41.5 Å². The Morgan fingerprint density at radius 2 is 2.29 bits per heavy atom. The molecule has 1 aromatic heterocycles. The summed E-state index contributed by atoms with van der Waals surface area (Å²) in [6.07, 6.45) is 2.01. The van der Waals surface area contributed by atoms with Crippen molar-refractivity contribution in [3.8, 4) is 11.8 Å². The maximum Gasteiger partial charge on any atom is 0.226 e. The Labute approximate surface area is 123 Å². The molecule has 0 amide bonds. The summed E-state index contributed by atoms with van der Waals surface area (Å²) in [5.74, 6) is 2.60. The first kappa shape index (κ1) is 13.6. The molecule has 2 heterocycles. The smallest absolute Gasteiger partial charge is 0.226 e. The molecule has 108 valence electrons. The van der Waals surface area contributed by atoms with Crippen molar-refractivity contribution in [2.75, 3.05) is 6.61 Å². The number of aromatic nitrogens is 2. The van der Waals surface area contributed by atoms with E-state index in [-0.39, 0.29) is 11.8 Å². The van der Waals surface area contributed by atoms with Crippen LogP contribution < -0.4 is 4.74 Å². The van der Waals surface area contributed by atoms with E-state index >= 15 is 0 Å². The van der Waals surface area contributed by atoms with Gasteiger partial charge in [0.2, 0.25) is 5.89 Å². The second-order valence-electron chi connectivity index (χ2n) is 5.54. The second-order valence-corrected chi connectivity index (χ2v) is 5.54. The average Bonchev–Trinajstić information content (AvgIpc) is 2.95. The number of hydrogen-bond acceptors (Lipinski definition) is 5. The highest BCUT2D eigenvalue weighted by Gasteiger charge is 2.25. The van der Waals surface area contributed by atoms with Crippen LogP contribution in [0.3, 0.4) is 0 Å². The lowest BCUT2D eigenvalue weighted by Gasteiger charge is -2.22. The van der Waals surface area contributed by atoms with E-state index in [1.807, 2.05) is 25.1 Å². The fourth-order valence-corrected chi connectivity index (χ4v) is 2.54. The van der Waals surface area contributed by atoms with Crippen molar-refractivity contribution in [2.45, 2.75) is 32.1 Å². The first-order valence-corrected chi connectivity index (χ1v) is 7.16. The Hall–Kier alpha value is -2.35. The van der Waals surface area contributed by atoms with Crippen LogP contribution in [0.1, 0.15) is 36.5 Å². The number of nitrogens with zero attached hydrogens (tertiary/aromatic N) is 3. The number of para-hydroxylation sites is 1. The van der Waals surface area contributed by atoms with Gasteiger partial charge in [0.25, 0.3) is 0 Å². The molecule has 0 radical (unpaired) electrons. The highest BCUT2D eigenvalue weighted by molar-refractivity contribution is 5.36. The minimum atomic E-state index is 0.128. The van der Waals surface area contributed by atoms with Crippen LogP contribution in [-0.2, 0) is 12.8 Å². The largest absolute Gasteiger partial charge is 0.493 e. The molecule has 3 rings (SSSR count). The van der Waals surface area contributed by atoms with Crippen molar-refractivity contribution in [1.82, 2.24) is 10.1 Å². The average molecular weight is 283 g/mol. The molecule has 0 bridgehead atoms. The van der Waals surface area contributed by atoms with Gasteiger partial charge in [-0.25, -0.2) is 0 Å². The standard InChI is InChI=1S/C16H17N3O2/c1-11(6-7-17)8-15-18-16(19-21-15)13-9-12-4-2-3-5-14(12)20-10-13/h2-5,11,13H,6,8-10H2,1H3. The predicted octanol–water partition coefficient (Wildman–Crippen LogP) is 2.88. The maximum absolute atomic E-state index is 8.68. The maximum atomic E-state index is 8.68. The summed E-state index contributed by atoms with van der Waals surface area (Å²) in [7, 11) is 0. The summed E-state index contributed by atoms with van der Waals surface area (Å²) in [5, 5.41) is 12.8. The van der Waals surface area contributed by atoms with Gasteiger partial charge in [-0.15, -0.1) is 0 Å². The van der Waals surface area contributed by atoms with Crippen LogP contribution in [-0.4, -0.2) is 16.7 Å². The van der Waals surface area contributed by atoms with Crippen molar-refractivity contribution in [3.63, 3.8) is 0 Å². The van der Waals surface area contributed by atoms with E-state index in [9.17, 15) is 0 Å². The Bertz CT molecular complexity index is 660. The number of nitriles is 1. The molecule has 0 N–H and O–H groups in total. The van der Waals surface area contributed by atoms with E-state index in [4.69, 9.17) is 14.5 Å². The fraction of sp³-hybridized carbons (Fsp3) is 0.438. The van der Waals surface area contributed by atoms with Crippen LogP contribution in [0.2, 0.25) is 0 Å². The molecule has 21 heavy (non-hydrogen) atoms. The summed E-state index contributed by atoms with van der Waals surface area (Å²) in [6.45, 7) is 2.58. The molecule has 2 aromatic rings. The Morgan fingerprint density at radius 1 is 1.43 bits per heavy atom. The van der Waals surface area contributed by atoms with Crippen LogP contribution in [0.5, 0.6) is 5.75 Å². The van der Waals surface area contributed by atoms with Crippen LogP contribution >= 0.6 is 0 Å². The molecule has 5 nitrogen and oxygen atoms in total. The topological polar surface area (TPSA) is 71.9 Å². The van der Waals surface area contributed by atoms with Crippen LogP contribution in [0.4, 0.5) is 0 Å². The summed E-state index contributed by atoms with van der Waals surface area (Å²) in [6, 6.07) is 10.2. The molecule has 0 saturated carbocycles. The highest BCUT2D eigenvalue weighted by Crippen LogP contribution is 2.31. The molecule has 0 saturated heterocycles. The minimum Gasteiger partial charge on any atom is -0.493 e.